The molecule has 0 aromatic rings. The first-order chi connectivity index (χ1) is 11.4. The molecular weight excluding hydrogens is 296 g/mol. The summed E-state index contributed by atoms with van der Waals surface area (Å²) in [6.45, 7) is 8.83. The van der Waals surface area contributed by atoms with E-state index < -0.39 is 5.97 Å². The molecule has 0 bridgehead atoms. The highest BCUT2D eigenvalue weighted by Crippen LogP contribution is 2.27. The van der Waals surface area contributed by atoms with Crippen molar-refractivity contribution in [3.8, 4) is 0 Å². The molecular formula is C22H34O2. The summed E-state index contributed by atoms with van der Waals surface area (Å²) in [7, 11) is 0. The first kappa shape index (κ1) is 20.5. The van der Waals surface area contributed by atoms with Gasteiger partial charge in [-0.3, -0.25) is 0 Å². The standard InChI is InChI=1S/C22H34O2/c1-17(2)8-5-9-18(3)10-6-11-19(4)14-15-20-12-7-13-21(16-20)22(23)24/h5-6,9-11,16-18,20H,7-8,12-15H2,1-4H3,(H,23,24). The quantitative estimate of drug-likeness (QED) is 0.397. The Balaban J connectivity index is 2.39. The van der Waals surface area contributed by atoms with Crippen molar-refractivity contribution in [3.63, 3.8) is 0 Å². The summed E-state index contributed by atoms with van der Waals surface area (Å²) < 4.78 is 0. The van der Waals surface area contributed by atoms with Crippen molar-refractivity contribution in [3.05, 3.63) is 47.6 Å². The average Bonchev–Trinajstić information content (AvgIpc) is 2.53. The van der Waals surface area contributed by atoms with Crippen LogP contribution in [0.1, 0.15) is 66.2 Å². The molecule has 0 aliphatic heterocycles. The molecule has 24 heavy (non-hydrogen) atoms. The van der Waals surface area contributed by atoms with Gasteiger partial charge in [-0.2, -0.15) is 0 Å². The summed E-state index contributed by atoms with van der Waals surface area (Å²) in [6.07, 6.45) is 19.2. The van der Waals surface area contributed by atoms with E-state index in [1.165, 1.54) is 5.57 Å². The van der Waals surface area contributed by atoms with Gasteiger partial charge >= 0.3 is 5.97 Å². The number of hydrogen-bond acceptors (Lipinski definition) is 1. The Morgan fingerprint density at radius 1 is 1.33 bits per heavy atom. The Hall–Kier alpha value is -1.57. The zero-order valence-electron chi connectivity index (χ0n) is 15.8. The molecule has 0 fully saturated rings. The van der Waals surface area contributed by atoms with Gasteiger partial charge in [-0.1, -0.05) is 62.8 Å². The molecule has 2 atom stereocenters. The van der Waals surface area contributed by atoms with E-state index in [1.807, 2.05) is 6.08 Å². The van der Waals surface area contributed by atoms with Crippen LogP contribution in [0.15, 0.2) is 47.6 Å². The largest absolute Gasteiger partial charge is 0.478 e. The minimum atomic E-state index is -0.741. The number of allylic oxidation sites excluding steroid dienone is 7. The summed E-state index contributed by atoms with van der Waals surface area (Å²) in [4.78, 5) is 11.1. The molecule has 2 unspecified atom stereocenters. The smallest absolute Gasteiger partial charge is 0.331 e. The molecule has 0 radical (unpaired) electrons. The van der Waals surface area contributed by atoms with Crippen LogP contribution in [-0.2, 0) is 4.79 Å². The van der Waals surface area contributed by atoms with Crippen LogP contribution in [0, 0.1) is 17.8 Å². The van der Waals surface area contributed by atoms with E-state index in [2.05, 4.69) is 58.1 Å². The van der Waals surface area contributed by atoms with Crippen LogP contribution in [-0.4, -0.2) is 11.1 Å². The summed E-state index contributed by atoms with van der Waals surface area (Å²) in [6, 6.07) is 0. The SMILES string of the molecule is CC(=CC=CC(C)C=CCC(C)C)CCC1C=C(C(=O)O)CCC1. The highest BCUT2D eigenvalue weighted by Gasteiger charge is 2.17. The molecule has 0 aromatic heterocycles. The molecule has 0 spiro atoms. The van der Waals surface area contributed by atoms with E-state index in [1.54, 1.807) is 0 Å². The maximum Gasteiger partial charge on any atom is 0.331 e. The van der Waals surface area contributed by atoms with Crippen LogP contribution < -0.4 is 0 Å². The first-order valence-electron chi connectivity index (χ1n) is 9.33. The van der Waals surface area contributed by atoms with Gasteiger partial charge in [0.1, 0.15) is 0 Å². The van der Waals surface area contributed by atoms with Crippen molar-refractivity contribution in [1.29, 1.82) is 0 Å². The fraction of sp³-hybridized carbons (Fsp3) is 0.591. The fourth-order valence-corrected chi connectivity index (χ4v) is 2.93. The lowest BCUT2D eigenvalue weighted by molar-refractivity contribution is -0.132. The third-order valence-electron chi connectivity index (χ3n) is 4.48. The van der Waals surface area contributed by atoms with Crippen LogP contribution in [0.5, 0.6) is 0 Å². The molecule has 0 saturated heterocycles. The molecule has 0 saturated carbocycles. The number of carboxylic acid groups (broad SMARTS) is 1. The molecule has 1 N–H and O–H groups in total. The van der Waals surface area contributed by atoms with Gasteiger partial charge in [0.15, 0.2) is 0 Å². The van der Waals surface area contributed by atoms with E-state index in [0.29, 0.717) is 17.4 Å². The first-order valence-corrected chi connectivity index (χ1v) is 9.33. The number of carboxylic acids is 1. The van der Waals surface area contributed by atoms with Crippen molar-refractivity contribution >= 4 is 5.97 Å². The monoisotopic (exact) mass is 330 g/mol. The number of aliphatic carboxylic acids is 1. The summed E-state index contributed by atoms with van der Waals surface area (Å²) in [5.74, 6) is 0.867. The number of hydrogen-bond donors (Lipinski definition) is 1. The third kappa shape index (κ3) is 8.90. The molecule has 0 aromatic carbocycles. The molecule has 1 aliphatic rings. The Morgan fingerprint density at radius 2 is 2.08 bits per heavy atom. The highest BCUT2D eigenvalue weighted by molar-refractivity contribution is 5.86. The predicted molar refractivity (Wildman–Crippen MR) is 103 cm³/mol. The lowest BCUT2D eigenvalue weighted by atomic mass is 9.86. The average molecular weight is 331 g/mol. The van der Waals surface area contributed by atoms with Crippen LogP contribution in [0.25, 0.3) is 0 Å². The summed E-state index contributed by atoms with van der Waals surface area (Å²) in [5, 5.41) is 9.10. The van der Waals surface area contributed by atoms with Crippen LogP contribution >= 0.6 is 0 Å². The van der Waals surface area contributed by atoms with E-state index in [0.717, 1.165) is 44.4 Å². The summed E-state index contributed by atoms with van der Waals surface area (Å²) >= 11 is 0. The van der Waals surface area contributed by atoms with Crippen molar-refractivity contribution in [2.24, 2.45) is 17.8 Å². The second kappa shape index (κ2) is 11.1. The lowest BCUT2D eigenvalue weighted by Gasteiger charge is -2.19. The van der Waals surface area contributed by atoms with Crippen molar-refractivity contribution < 1.29 is 9.90 Å². The Labute approximate surface area is 148 Å². The van der Waals surface area contributed by atoms with Crippen LogP contribution in [0.3, 0.4) is 0 Å². The van der Waals surface area contributed by atoms with Gasteiger partial charge in [-0.15, -0.1) is 0 Å². The lowest BCUT2D eigenvalue weighted by Crippen LogP contribution is -2.10. The minimum absolute atomic E-state index is 0.426. The van der Waals surface area contributed by atoms with Gasteiger partial charge in [0.25, 0.3) is 0 Å². The van der Waals surface area contributed by atoms with Crippen molar-refractivity contribution in [1.82, 2.24) is 0 Å². The normalized spacial score (nSPS) is 20.8. The molecule has 0 amide bonds. The molecule has 1 aliphatic carbocycles. The van der Waals surface area contributed by atoms with Gasteiger partial charge in [-0.25, -0.2) is 4.79 Å². The van der Waals surface area contributed by atoms with Gasteiger partial charge in [0.2, 0.25) is 0 Å². The van der Waals surface area contributed by atoms with Gasteiger partial charge in [0.05, 0.1) is 0 Å². The highest BCUT2D eigenvalue weighted by atomic mass is 16.4. The second-order valence-corrected chi connectivity index (χ2v) is 7.50. The molecule has 134 valence electrons. The molecule has 0 heterocycles. The topological polar surface area (TPSA) is 37.3 Å². The predicted octanol–water partition coefficient (Wildman–Crippen LogP) is 6.32. The second-order valence-electron chi connectivity index (χ2n) is 7.50. The molecule has 1 rings (SSSR count). The van der Waals surface area contributed by atoms with E-state index in [9.17, 15) is 4.79 Å². The van der Waals surface area contributed by atoms with E-state index in [4.69, 9.17) is 5.11 Å². The maximum atomic E-state index is 11.1. The molecule has 2 nitrogen and oxygen atoms in total. The zero-order valence-corrected chi connectivity index (χ0v) is 15.8. The van der Waals surface area contributed by atoms with Gasteiger partial charge < -0.3 is 5.11 Å². The van der Waals surface area contributed by atoms with Gasteiger partial charge in [-0.05, 0) is 63.2 Å². The number of carbonyl (C=O) groups is 1. The fourth-order valence-electron chi connectivity index (χ4n) is 2.93. The Bertz CT molecular complexity index is 506. The minimum Gasteiger partial charge on any atom is -0.478 e. The van der Waals surface area contributed by atoms with E-state index >= 15 is 0 Å². The van der Waals surface area contributed by atoms with E-state index in [-0.39, 0.29) is 0 Å². The molecule has 2 heteroatoms. The Morgan fingerprint density at radius 3 is 2.75 bits per heavy atom. The van der Waals surface area contributed by atoms with Gasteiger partial charge in [0, 0.05) is 5.57 Å². The Kier molecular flexibility index (Phi) is 9.44. The third-order valence-corrected chi connectivity index (χ3v) is 4.48. The maximum absolute atomic E-state index is 11.1. The van der Waals surface area contributed by atoms with Crippen molar-refractivity contribution in [2.45, 2.75) is 66.2 Å². The zero-order chi connectivity index (χ0) is 17.9. The number of rotatable bonds is 9. The van der Waals surface area contributed by atoms with Crippen molar-refractivity contribution in [2.75, 3.05) is 0 Å². The summed E-state index contributed by atoms with van der Waals surface area (Å²) in [5.41, 5.74) is 1.97. The van der Waals surface area contributed by atoms with Crippen LogP contribution in [0.2, 0.25) is 0 Å². The van der Waals surface area contributed by atoms with Crippen LogP contribution in [0.4, 0.5) is 0 Å².